The average molecular weight is 472 g/mol. The van der Waals surface area contributed by atoms with Gasteiger partial charge >= 0.3 is 0 Å². The summed E-state index contributed by atoms with van der Waals surface area (Å²) in [4.78, 5) is 34.2. The molecule has 5 rings (SSSR count). The van der Waals surface area contributed by atoms with Gasteiger partial charge in [0.25, 0.3) is 5.91 Å². The Labute approximate surface area is 206 Å². The maximum absolute atomic E-state index is 14.0. The summed E-state index contributed by atoms with van der Waals surface area (Å²) in [6.07, 6.45) is 11.0. The summed E-state index contributed by atoms with van der Waals surface area (Å²) >= 11 is 0. The minimum absolute atomic E-state index is 0.0195. The van der Waals surface area contributed by atoms with Crippen LogP contribution in [-0.4, -0.2) is 38.9 Å². The van der Waals surface area contributed by atoms with Gasteiger partial charge in [-0.05, 0) is 73.7 Å². The number of nitrogens with one attached hydrogen (secondary N) is 1. The molecule has 1 atom stereocenters. The van der Waals surface area contributed by atoms with Crippen molar-refractivity contribution >= 4 is 22.7 Å². The van der Waals surface area contributed by atoms with Crippen LogP contribution in [-0.2, 0) is 4.79 Å². The number of nitrogens with zero attached hydrogens (tertiary/aromatic N) is 2. The minimum atomic E-state index is -0.732. The first-order valence-electron chi connectivity index (χ1n) is 12.9. The highest BCUT2D eigenvalue weighted by atomic mass is 16.3. The van der Waals surface area contributed by atoms with Gasteiger partial charge < -0.3 is 15.3 Å². The third kappa shape index (κ3) is 5.16. The number of hydrogen-bond acceptors (Lipinski definition) is 4. The van der Waals surface area contributed by atoms with Crippen molar-refractivity contribution in [1.29, 1.82) is 0 Å². The van der Waals surface area contributed by atoms with Crippen molar-refractivity contribution in [3.63, 3.8) is 0 Å². The molecular weight excluding hydrogens is 438 g/mol. The lowest BCUT2D eigenvalue weighted by Crippen LogP contribution is -2.50. The summed E-state index contributed by atoms with van der Waals surface area (Å²) in [5.41, 5.74) is 2.15. The highest BCUT2D eigenvalue weighted by molar-refractivity contribution is 5.98. The fourth-order valence-electron chi connectivity index (χ4n) is 5.66. The summed E-state index contributed by atoms with van der Waals surface area (Å²) in [5.74, 6) is -0.170. The Morgan fingerprint density at radius 2 is 1.63 bits per heavy atom. The number of fused-ring (bicyclic) bond motifs is 1. The summed E-state index contributed by atoms with van der Waals surface area (Å²) in [6.45, 7) is 0. The van der Waals surface area contributed by atoms with E-state index in [9.17, 15) is 14.7 Å². The van der Waals surface area contributed by atoms with Crippen molar-refractivity contribution in [2.45, 2.75) is 75.9 Å². The van der Waals surface area contributed by atoms with Crippen molar-refractivity contribution in [2.24, 2.45) is 0 Å². The summed E-state index contributed by atoms with van der Waals surface area (Å²) in [5, 5.41) is 14.0. The van der Waals surface area contributed by atoms with Crippen molar-refractivity contribution in [3.8, 4) is 5.75 Å². The van der Waals surface area contributed by atoms with E-state index >= 15 is 0 Å². The molecule has 0 aliphatic heterocycles. The Morgan fingerprint density at radius 3 is 2.37 bits per heavy atom. The van der Waals surface area contributed by atoms with Crippen molar-refractivity contribution < 1.29 is 14.7 Å². The van der Waals surface area contributed by atoms with Crippen LogP contribution in [0.15, 0.2) is 60.8 Å². The number of rotatable bonds is 6. The first kappa shape index (κ1) is 23.3. The lowest BCUT2D eigenvalue weighted by molar-refractivity contribution is -0.127. The van der Waals surface area contributed by atoms with E-state index in [2.05, 4.69) is 10.3 Å². The number of benzene rings is 2. The van der Waals surface area contributed by atoms with Gasteiger partial charge in [-0.15, -0.1) is 0 Å². The van der Waals surface area contributed by atoms with Crippen LogP contribution >= 0.6 is 0 Å². The number of carbonyl (C=O) groups is 2. The number of aromatic nitrogens is 1. The lowest BCUT2D eigenvalue weighted by atomic mass is 9.90. The van der Waals surface area contributed by atoms with Gasteiger partial charge in [0.15, 0.2) is 0 Å². The summed E-state index contributed by atoms with van der Waals surface area (Å²) < 4.78 is 0. The Hall–Kier alpha value is -3.41. The maximum atomic E-state index is 14.0. The second-order valence-electron chi connectivity index (χ2n) is 9.90. The molecule has 1 aromatic heterocycles. The number of amides is 2. The molecule has 0 bridgehead atoms. The number of aromatic hydroxyl groups is 1. The fourth-order valence-corrected chi connectivity index (χ4v) is 5.66. The largest absolute Gasteiger partial charge is 0.508 e. The molecule has 182 valence electrons. The second-order valence-corrected chi connectivity index (χ2v) is 9.90. The van der Waals surface area contributed by atoms with Gasteiger partial charge in [-0.1, -0.05) is 44.2 Å². The van der Waals surface area contributed by atoms with Gasteiger partial charge in [0, 0.05) is 29.2 Å². The van der Waals surface area contributed by atoms with Gasteiger partial charge in [0.1, 0.15) is 11.8 Å². The average Bonchev–Trinajstić information content (AvgIpc) is 3.40. The molecule has 6 nitrogen and oxygen atoms in total. The van der Waals surface area contributed by atoms with Crippen molar-refractivity contribution in [1.82, 2.24) is 15.2 Å². The van der Waals surface area contributed by atoms with Crippen LogP contribution in [0.1, 0.15) is 79.8 Å². The molecule has 3 aromatic rings. The molecule has 6 heteroatoms. The zero-order valence-corrected chi connectivity index (χ0v) is 20.0. The fraction of sp³-hybridized carbons (Fsp3) is 0.414. The van der Waals surface area contributed by atoms with Crippen LogP contribution in [0.25, 0.3) is 10.9 Å². The van der Waals surface area contributed by atoms with Gasteiger partial charge in [0.2, 0.25) is 5.91 Å². The van der Waals surface area contributed by atoms with Crippen LogP contribution in [0, 0.1) is 0 Å². The zero-order valence-electron chi connectivity index (χ0n) is 20.0. The predicted octanol–water partition coefficient (Wildman–Crippen LogP) is 5.52. The molecule has 0 saturated heterocycles. The molecule has 1 unspecified atom stereocenters. The van der Waals surface area contributed by atoms with Crippen LogP contribution in [0.3, 0.4) is 0 Å². The van der Waals surface area contributed by atoms with E-state index in [0.717, 1.165) is 74.3 Å². The number of hydrogen-bond donors (Lipinski definition) is 2. The third-order valence-electron chi connectivity index (χ3n) is 7.49. The quantitative estimate of drug-likeness (QED) is 0.496. The molecule has 35 heavy (non-hydrogen) atoms. The molecule has 2 aliphatic rings. The lowest BCUT2D eigenvalue weighted by Gasteiger charge is -2.40. The number of carbonyl (C=O) groups excluding carboxylic acids is 2. The molecule has 0 spiro atoms. The van der Waals surface area contributed by atoms with Gasteiger partial charge in [0.05, 0.1) is 5.52 Å². The van der Waals surface area contributed by atoms with E-state index in [1.165, 1.54) is 12.1 Å². The Balaban J connectivity index is 1.59. The molecular formula is C29H33N3O3. The van der Waals surface area contributed by atoms with E-state index in [4.69, 9.17) is 0 Å². The van der Waals surface area contributed by atoms with Gasteiger partial charge in [-0.25, -0.2) is 0 Å². The summed E-state index contributed by atoms with van der Waals surface area (Å²) in [6, 6.07) is 15.5. The molecule has 2 aromatic carbocycles. The zero-order chi connectivity index (χ0) is 24.2. The molecule has 2 aliphatic carbocycles. The van der Waals surface area contributed by atoms with E-state index in [1.54, 1.807) is 18.3 Å². The van der Waals surface area contributed by atoms with E-state index < -0.39 is 6.04 Å². The van der Waals surface area contributed by atoms with Crippen molar-refractivity contribution in [2.75, 3.05) is 0 Å². The monoisotopic (exact) mass is 471 g/mol. The minimum Gasteiger partial charge on any atom is -0.508 e. The molecule has 1 heterocycles. The Morgan fingerprint density at radius 1 is 0.914 bits per heavy atom. The predicted molar refractivity (Wildman–Crippen MR) is 136 cm³/mol. The van der Waals surface area contributed by atoms with Gasteiger partial charge in [-0.2, -0.15) is 0 Å². The number of phenolic OH excluding ortho intramolecular Hbond substituents is 1. The van der Waals surface area contributed by atoms with Crippen molar-refractivity contribution in [3.05, 3.63) is 71.9 Å². The third-order valence-corrected chi connectivity index (χ3v) is 7.49. The topological polar surface area (TPSA) is 82.5 Å². The molecule has 2 N–H and O–H groups in total. The van der Waals surface area contributed by atoms with E-state index in [-0.39, 0.29) is 29.6 Å². The Kier molecular flexibility index (Phi) is 6.98. The summed E-state index contributed by atoms with van der Waals surface area (Å²) in [7, 11) is 0. The number of phenols is 1. The van der Waals surface area contributed by atoms with E-state index in [1.807, 2.05) is 35.2 Å². The van der Waals surface area contributed by atoms with E-state index in [0.29, 0.717) is 5.56 Å². The van der Waals surface area contributed by atoms with Gasteiger partial charge in [-0.3, -0.25) is 14.6 Å². The first-order valence-corrected chi connectivity index (χ1v) is 12.9. The highest BCUT2D eigenvalue weighted by Gasteiger charge is 2.38. The highest BCUT2D eigenvalue weighted by Crippen LogP contribution is 2.34. The van der Waals surface area contributed by atoms with Crippen LogP contribution in [0.4, 0.5) is 0 Å². The normalized spacial score (nSPS) is 17.8. The standard InChI is InChI=1S/C29H33N3O3/c33-25-15-12-20(13-16-25)29(35)32(24-10-2-1-3-11-24)27(28(34)31-23-8-4-5-9-23)22-14-17-26-21(19-22)7-6-18-30-26/h6-7,12-19,23-24,27,33H,1-5,8-11H2,(H,31,34). The maximum Gasteiger partial charge on any atom is 0.255 e. The molecule has 2 amide bonds. The SMILES string of the molecule is O=C(NC1CCCC1)C(c1ccc2ncccc2c1)N(C(=O)c1ccc(O)cc1)C1CCCCC1. The molecule has 0 radical (unpaired) electrons. The van der Waals surface area contributed by atoms with Crippen LogP contribution in [0.5, 0.6) is 5.75 Å². The van der Waals surface area contributed by atoms with Crippen LogP contribution < -0.4 is 5.32 Å². The second kappa shape index (κ2) is 10.5. The molecule has 2 saturated carbocycles. The number of pyridine rings is 1. The van der Waals surface area contributed by atoms with Crippen LogP contribution in [0.2, 0.25) is 0 Å². The first-order chi connectivity index (χ1) is 17.1. The Bertz CT molecular complexity index is 1180. The molecule has 2 fully saturated rings. The smallest absolute Gasteiger partial charge is 0.255 e.